The van der Waals surface area contributed by atoms with E-state index in [1.807, 2.05) is 24.3 Å². The number of carbonyl (C=O) groups is 2. The van der Waals surface area contributed by atoms with E-state index < -0.39 is 17.4 Å². The molecule has 1 heterocycles. The van der Waals surface area contributed by atoms with Gasteiger partial charge in [0.2, 0.25) is 5.91 Å². The van der Waals surface area contributed by atoms with Gasteiger partial charge in [-0.05, 0) is 24.0 Å². The van der Waals surface area contributed by atoms with Crippen molar-refractivity contribution in [2.75, 3.05) is 6.54 Å². The quantitative estimate of drug-likeness (QED) is 0.874. The first-order valence-corrected chi connectivity index (χ1v) is 7.38. The highest BCUT2D eigenvalue weighted by Crippen LogP contribution is 2.43. The molecule has 5 heteroatoms. The van der Waals surface area contributed by atoms with Crippen LogP contribution in [-0.2, 0) is 22.6 Å². The van der Waals surface area contributed by atoms with Gasteiger partial charge in [-0.2, -0.15) is 0 Å². The molecule has 2 aliphatic rings. The summed E-state index contributed by atoms with van der Waals surface area (Å²) in [6.07, 6.45) is 2.91. The van der Waals surface area contributed by atoms with Crippen LogP contribution in [0.25, 0.3) is 0 Å². The third-order valence-corrected chi connectivity index (χ3v) is 4.95. The van der Waals surface area contributed by atoms with Crippen molar-refractivity contribution in [1.29, 1.82) is 0 Å². The normalized spacial score (nSPS) is 23.1. The summed E-state index contributed by atoms with van der Waals surface area (Å²) in [6, 6.07) is 6.95. The van der Waals surface area contributed by atoms with Crippen LogP contribution in [0.4, 0.5) is 0 Å². The largest absolute Gasteiger partial charge is 0.480 e. The van der Waals surface area contributed by atoms with Crippen LogP contribution in [0.2, 0.25) is 0 Å². The van der Waals surface area contributed by atoms with Crippen molar-refractivity contribution >= 4 is 11.9 Å². The van der Waals surface area contributed by atoms with Crippen molar-refractivity contribution in [3.8, 4) is 0 Å². The summed E-state index contributed by atoms with van der Waals surface area (Å²) >= 11 is 0. The summed E-state index contributed by atoms with van der Waals surface area (Å²) in [7, 11) is 0. The predicted octanol–water partition coefficient (Wildman–Crippen LogP) is 1.15. The molecule has 0 unspecified atom stereocenters. The van der Waals surface area contributed by atoms with Crippen LogP contribution >= 0.6 is 0 Å². The maximum atomic E-state index is 12.8. The fourth-order valence-corrected chi connectivity index (χ4v) is 3.37. The van der Waals surface area contributed by atoms with Crippen LogP contribution in [0.15, 0.2) is 24.3 Å². The Balaban J connectivity index is 1.92. The highest BCUT2D eigenvalue weighted by Gasteiger charge is 2.48. The Morgan fingerprint density at radius 1 is 1.29 bits per heavy atom. The molecule has 1 atom stereocenters. The number of amides is 1. The maximum absolute atomic E-state index is 12.8. The Kier molecular flexibility index (Phi) is 3.45. The lowest BCUT2D eigenvalue weighted by Gasteiger charge is -2.45. The molecule has 0 spiro atoms. The summed E-state index contributed by atoms with van der Waals surface area (Å²) in [6.45, 7) is 0.671. The number of nitrogens with two attached hydrogens (primary N) is 1. The van der Waals surface area contributed by atoms with Crippen LogP contribution in [0.5, 0.6) is 0 Å². The van der Waals surface area contributed by atoms with E-state index in [0.717, 1.165) is 30.4 Å². The molecule has 5 nitrogen and oxygen atoms in total. The monoisotopic (exact) mass is 288 g/mol. The second-order valence-corrected chi connectivity index (χ2v) is 6.10. The van der Waals surface area contributed by atoms with Crippen LogP contribution < -0.4 is 5.73 Å². The number of hydrogen-bond acceptors (Lipinski definition) is 3. The van der Waals surface area contributed by atoms with Gasteiger partial charge in [0.15, 0.2) is 0 Å². The Hall–Kier alpha value is -1.88. The molecule has 21 heavy (non-hydrogen) atoms. The van der Waals surface area contributed by atoms with Crippen LogP contribution in [0.3, 0.4) is 0 Å². The lowest BCUT2D eigenvalue weighted by atomic mass is 9.67. The highest BCUT2D eigenvalue weighted by atomic mass is 16.4. The molecule has 0 aromatic heterocycles. The molecule has 1 fully saturated rings. The van der Waals surface area contributed by atoms with E-state index in [0.29, 0.717) is 19.5 Å². The number of benzene rings is 1. The van der Waals surface area contributed by atoms with Gasteiger partial charge in [0.25, 0.3) is 0 Å². The average Bonchev–Trinajstić information content (AvgIpc) is 2.45. The summed E-state index contributed by atoms with van der Waals surface area (Å²) in [5, 5.41) is 9.49. The summed E-state index contributed by atoms with van der Waals surface area (Å²) in [4.78, 5) is 25.9. The average molecular weight is 288 g/mol. The zero-order valence-electron chi connectivity index (χ0n) is 11.9. The summed E-state index contributed by atoms with van der Waals surface area (Å²) < 4.78 is 0. The van der Waals surface area contributed by atoms with Crippen molar-refractivity contribution in [1.82, 2.24) is 4.90 Å². The fraction of sp³-hybridized carbons (Fsp3) is 0.500. The molecular weight excluding hydrogens is 268 g/mol. The first-order valence-electron chi connectivity index (χ1n) is 7.38. The molecular formula is C16H20N2O3. The summed E-state index contributed by atoms with van der Waals surface area (Å²) in [5.41, 5.74) is 7.32. The van der Waals surface area contributed by atoms with E-state index >= 15 is 0 Å². The second-order valence-electron chi connectivity index (χ2n) is 6.10. The van der Waals surface area contributed by atoms with Gasteiger partial charge in [0, 0.05) is 19.5 Å². The number of nitrogens with zero attached hydrogens (tertiary/aromatic N) is 1. The lowest BCUT2D eigenvalue weighted by molar-refractivity contribution is -0.159. The first kappa shape index (κ1) is 14.1. The second kappa shape index (κ2) is 5.15. The van der Waals surface area contributed by atoms with E-state index in [2.05, 4.69) is 0 Å². The van der Waals surface area contributed by atoms with Gasteiger partial charge in [0.1, 0.15) is 6.04 Å². The van der Waals surface area contributed by atoms with Crippen molar-refractivity contribution in [3.05, 3.63) is 35.4 Å². The number of rotatable bonds is 3. The minimum absolute atomic E-state index is 0.0850. The number of carboxylic acids is 1. The number of hydrogen-bond donors (Lipinski definition) is 2. The maximum Gasteiger partial charge on any atom is 0.326 e. The van der Waals surface area contributed by atoms with Gasteiger partial charge in [-0.1, -0.05) is 30.7 Å². The SMILES string of the molecule is NCC1(C(=O)N2Cc3ccccc3C[C@@H]2C(=O)O)CCC1. The third kappa shape index (κ3) is 2.21. The fourth-order valence-electron chi connectivity index (χ4n) is 3.37. The van der Waals surface area contributed by atoms with Crippen LogP contribution in [0, 0.1) is 5.41 Å². The summed E-state index contributed by atoms with van der Waals surface area (Å²) in [5.74, 6) is -1.03. The minimum Gasteiger partial charge on any atom is -0.480 e. The Labute approximate surface area is 123 Å². The van der Waals surface area contributed by atoms with Crippen molar-refractivity contribution < 1.29 is 14.7 Å². The number of aliphatic carboxylic acids is 1. The Morgan fingerprint density at radius 2 is 1.95 bits per heavy atom. The van der Waals surface area contributed by atoms with Gasteiger partial charge in [0.05, 0.1) is 5.41 Å². The third-order valence-electron chi connectivity index (χ3n) is 4.95. The Morgan fingerprint density at radius 3 is 2.48 bits per heavy atom. The van der Waals surface area contributed by atoms with E-state index in [9.17, 15) is 14.7 Å². The molecule has 1 aliphatic carbocycles. The molecule has 1 saturated carbocycles. The molecule has 1 aromatic rings. The van der Waals surface area contributed by atoms with E-state index in [-0.39, 0.29) is 5.91 Å². The molecule has 0 radical (unpaired) electrons. The van der Waals surface area contributed by atoms with Crippen LogP contribution in [-0.4, -0.2) is 34.5 Å². The van der Waals surface area contributed by atoms with Gasteiger partial charge in [-0.3, -0.25) is 4.79 Å². The number of carboxylic acid groups (broad SMARTS) is 1. The topological polar surface area (TPSA) is 83.6 Å². The molecule has 3 rings (SSSR count). The first-order chi connectivity index (χ1) is 10.1. The van der Waals surface area contributed by atoms with Crippen molar-refractivity contribution in [2.24, 2.45) is 11.1 Å². The molecule has 3 N–H and O–H groups in total. The molecule has 1 amide bonds. The zero-order valence-corrected chi connectivity index (χ0v) is 11.9. The minimum atomic E-state index is -0.940. The predicted molar refractivity (Wildman–Crippen MR) is 77.5 cm³/mol. The zero-order chi connectivity index (χ0) is 15.0. The van der Waals surface area contributed by atoms with Gasteiger partial charge < -0.3 is 15.7 Å². The van der Waals surface area contributed by atoms with Crippen LogP contribution in [0.1, 0.15) is 30.4 Å². The van der Waals surface area contributed by atoms with Crippen molar-refractivity contribution in [2.45, 2.75) is 38.3 Å². The number of carbonyl (C=O) groups excluding carboxylic acids is 1. The van der Waals surface area contributed by atoms with Crippen molar-refractivity contribution in [3.63, 3.8) is 0 Å². The molecule has 1 aromatic carbocycles. The van der Waals surface area contributed by atoms with Gasteiger partial charge in [-0.25, -0.2) is 4.79 Å². The molecule has 0 saturated heterocycles. The standard InChI is InChI=1S/C16H20N2O3/c17-10-16(6-3-7-16)15(21)18-9-12-5-2-1-4-11(12)8-13(18)14(19)20/h1-2,4-5,13H,3,6-10,17H2,(H,19,20)/t13-/m1/s1. The number of fused-ring (bicyclic) bond motifs is 1. The van der Waals surface area contributed by atoms with Gasteiger partial charge >= 0.3 is 5.97 Å². The molecule has 0 bridgehead atoms. The van der Waals surface area contributed by atoms with Gasteiger partial charge in [-0.15, -0.1) is 0 Å². The Bertz CT molecular complexity index is 575. The smallest absolute Gasteiger partial charge is 0.326 e. The van der Waals surface area contributed by atoms with E-state index in [1.54, 1.807) is 0 Å². The van der Waals surface area contributed by atoms with E-state index in [4.69, 9.17) is 5.73 Å². The molecule has 1 aliphatic heterocycles. The lowest BCUT2D eigenvalue weighted by Crippen LogP contribution is -2.57. The van der Waals surface area contributed by atoms with E-state index in [1.165, 1.54) is 4.90 Å². The highest BCUT2D eigenvalue weighted by molar-refractivity contribution is 5.89. The molecule has 112 valence electrons.